The second-order valence-electron chi connectivity index (χ2n) is 7.96. The highest BCUT2D eigenvalue weighted by Crippen LogP contribution is 2.63. The third-order valence-electron chi connectivity index (χ3n) is 5.65. The molecule has 0 spiro atoms. The third-order valence-corrected chi connectivity index (χ3v) is 5.65. The Morgan fingerprint density at radius 2 is 1.53 bits per heavy atom. The lowest BCUT2D eigenvalue weighted by atomic mass is 10.00. The van der Waals surface area contributed by atoms with Gasteiger partial charge in [0, 0.05) is 12.1 Å². The van der Waals surface area contributed by atoms with E-state index >= 15 is 0 Å². The van der Waals surface area contributed by atoms with E-state index in [-0.39, 0.29) is 0 Å². The summed E-state index contributed by atoms with van der Waals surface area (Å²) in [6, 6.07) is 1.52. The van der Waals surface area contributed by atoms with Crippen molar-refractivity contribution in [1.82, 2.24) is 5.32 Å². The van der Waals surface area contributed by atoms with Crippen LogP contribution >= 0.6 is 0 Å². The predicted molar refractivity (Wildman–Crippen MR) is 75.1 cm³/mol. The monoisotopic (exact) mass is 237 g/mol. The van der Waals surface area contributed by atoms with E-state index in [9.17, 15) is 0 Å². The molecule has 0 radical (unpaired) electrons. The van der Waals surface area contributed by atoms with E-state index in [0.29, 0.717) is 10.8 Å². The molecule has 2 aliphatic carbocycles. The molecule has 1 N–H and O–H groups in total. The molecule has 2 aliphatic rings. The number of rotatable bonds is 6. The first-order valence-corrected chi connectivity index (χ1v) is 7.53. The zero-order valence-electron chi connectivity index (χ0n) is 12.6. The maximum Gasteiger partial charge on any atom is 0.0183 e. The Kier molecular flexibility index (Phi) is 3.36. The molecule has 1 heteroatoms. The molecular formula is C16H31N. The smallest absolute Gasteiger partial charge is 0.0183 e. The molecule has 0 amide bonds. The quantitative estimate of drug-likeness (QED) is 0.729. The molecule has 0 bridgehead atoms. The van der Waals surface area contributed by atoms with E-state index in [4.69, 9.17) is 0 Å². The van der Waals surface area contributed by atoms with Crippen molar-refractivity contribution in [3.05, 3.63) is 0 Å². The van der Waals surface area contributed by atoms with Gasteiger partial charge in [0.2, 0.25) is 0 Å². The SMILES string of the molecule is CC(C)CCC(NC1C(C)(C)C1(C)C)C1CC1. The fourth-order valence-corrected chi connectivity index (χ4v) is 3.29. The Bertz CT molecular complexity index is 259. The van der Waals surface area contributed by atoms with Crippen molar-refractivity contribution >= 4 is 0 Å². The van der Waals surface area contributed by atoms with Crippen molar-refractivity contribution in [3.63, 3.8) is 0 Å². The zero-order chi connectivity index (χ0) is 12.8. The van der Waals surface area contributed by atoms with Gasteiger partial charge in [-0.15, -0.1) is 0 Å². The molecule has 1 unspecified atom stereocenters. The molecule has 0 heterocycles. The van der Waals surface area contributed by atoms with Crippen molar-refractivity contribution in [1.29, 1.82) is 0 Å². The van der Waals surface area contributed by atoms with Crippen molar-refractivity contribution < 1.29 is 0 Å². The van der Waals surface area contributed by atoms with Crippen LogP contribution in [0, 0.1) is 22.7 Å². The molecule has 1 nitrogen and oxygen atoms in total. The normalized spacial score (nSPS) is 28.4. The van der Waals surface area contributed by atoms with Crippen LogP contribution in [0.25, 0.3) is 0 Å². The largest absolute Gasteiger partial charge is 0.310 e. The molecule has 1 atom stereocenters. The van der Waals surface area contributed by atoms with Crippen LogP contribution in [0.1, 0.15) is 67.2 Å². The summed E-state index contributed by atoms with van der Waals surface area (Å²) in [6.45, 7) is 14.3. The highest BCUT2D eigenvalue weighted by molar-refractivity contribution is 5.18. The first kappa shape index (κ1) is 13.4. The Labute approximate surface area is 108 Å². The van der Waals surface area contributed by atoms with Gasteiger partial charge in [0.1, 0.15) is 0 Å². The van der Waals surface area contributed by atoms with Crippen LogP contribution in [0.4, 0.5) is 0 Å². The minimum Gasteiger partial charge on any atom is -0.310 e. The van der Waals surface area contributed by atoms with E-state index in [0.717, 1.165) is 23.9 Å². The summed E-state index contributed by atoms with van der Waals surface area (Å²) in [6.07, 6.45) is 5.68. The topological polar surface area (TPSA) is 12.0 Å². The first-order chi connectivity index (χ1) is 7.76. The molecule has 0 aromatic rings. The molecule has 0 saturated heterocycles. The third kappa shape index (κ3) is 2.54. The fourth-order valence-electron chi connectivity index (χ4n) is 3.29. The van der Waals surface area contributed by atoms with E-state index < -0.39 is 0 Å². The Hall–Kier alpha value is -0.0400. The average molecular weight is 237 g/mol. The minimum atomic E-state index is 0.484. The van der Waals surface area contributed by atoms with Crippen LogP contribution < -0.4 is 5.32 Å². The molecule has 2 fully saturated rings. The first-order valence-electron chi connectivity index (χ1n) is 7.53. The summed E-state index contributed by atoms with van der Waals surface area (Å²) < 4.78 is 0. The maximum atomic E-state index is 3.99. The van der Waals surface area contributed by atoms with Crippen molar-refractivity contribution in [2.75, 3.05) is 0 Å². The van der Waals surface area contributed by atoms with Gasteiger partial charge >= 0.3 is 0 Å². The van der Waals surface area contributed by atoms with Crippen molar-refractivity contribution in [3.8, 4) is 0 Å². The van der Waals surface area contributed by atoms with E-state index in [1.807, 2.05) is 0 Å². The summed E-state index contributed by atoms with van der Waals surface area (Å²) in [5.41, 5.74) is 0.968. The number of hydrogen-bond acceptors (Lipinski definition) is 1. The van der Waals surface area contributed by atoms with E-state index in [1.165, 1.54) is 25.7 Å². The highest BCUT2D eigenvalue weighted by atomic mass is 15.1. The number of hydrogen-bond donors (Lipinski definition) is 1. The lowest BCUT2D eigenvalue weighted by Crippen LogP contribution is -2.36. The van der Waals surface area contributed by atoms with Gasteiger partial charge < -0.3 is 5.32 Å². The van der Waals surface area contributed by atoms with Gasteiger partial charge in [0.25, 0.3) is 0 Å². The standard InChI is InChI=1S/C16H31N/c1-11(2)7-10-13(12-8-9-12)17-14-15(3,4)16(14,5)6/h11-14,17H,7-10H2,1-6H3. The summed E-state index contributed by atoms with van der Waals surface area (Å²) in [4.78, 5) is 0. The van der Waals surface area contributed by atoms with E-state index in [1.54, 1.807) is 0 Å². The maximum absolute atomic E-state index is 3.99. The molecule has 0 aromatic carbocycles. The van der Waals surface area contributed by atoms with Crippen LogP contribution in [0.3, 0.4) is 0 Å². The van der Waals surface area contributed by atoms with Gasteiger partial charge in [-0.25, -0.2) is 0 Å². The van der Waals surface area contributed by atoms with E-state index in [2.05, 4.69) is 46.9 Å². The molecule has 0 aromatic heterocycles. The van der Waals surface area contributed by atoms with Gasteiger partial charge in [0.05, 0.1) is 0 Å². The van der Waals surface area contributed by atoms with Gasteiger partial charge in [-0.05, 0) is 48.3 Å². The Morgan fingerprint density at radius 1 is 1.00 bits per heavy atom. The zero-order valence-corrected chi connectivity index (χ0v) is 12.6. The number of nitrogens with one attached hydrogen (secondary N) is 1. The molecule has 2 saturated carbocycles. The lowest BCUT2D eigenvalue weighted by Gasteiger charge is -2.21. The molecular weight excluding hydrogens is 206 g/mol. The summed E-state index contributed by atoms with van der Waals surface area (Å²) >= 11 is 0. The Balaban J connectivity index is 1.87. The fraction of sp³-hybridized carbons (Fsp3) is 1.00. The predicted octanol–water partition coefficient (Wildman–Crippen LogP) is 4.23. The van der Waals surface area contributed by atoms with Gasteiger partial charge in [-0.2, -0.15) is 0 Å². The van der Waals surface area contributed by atoms with Crippen LogP contribution in [0.5, 0.6) is 0 Å². The van der Waals surface area contributed by atoms with Crippen molar-refractivity contribution in [2.45, 2.75) is 79.3 Å². The second-order valence-corrected chi connectivity index (χ2v) is 7.96. The average Bonchev–Trinajstić information content (AvgIpc) is 3.05. The summed E-state index contributed by atoms with van der Waals surface area (Å²) in [5, 5.41) is 3.99. The molecule has 0 aliphatic heterocycles. The van der Waals surface area contributed by atoms with Gasteiger partial charge in [0.15, 0.2) is 0 Å². The minimum absolute atomic E-state index is 0.484. The summed E-state index contributed by atoms with van der Waals surface area (Å²) in [7, 11) is 0. The summed E-state index contributed by atoms with van der Waals surface area (Å²) in [5.74, 6) is 1.83. The van der Waals surface area contributed by atoms with Gasteiger partial charge in [-0.3, -0.25) is 0 Å². The highest BCUT2D eigenvalue weighted by Gasteiger charge is 2.65. The van der Waals surface area contributed by atoms with Crippen LogP contribution in [0.2, 0.25) is 0 Å². The Morgan fingerprint density at radius 3 is 1.88 bits per heavy atom. The second kappa shape index (κ2) is 4.26. The molecule has 2 rings (SSSR count). The van der Waals surface area contributed by atoms with Crippen LogP contribution in [-0.4, -0.2) is 12.1 Å². The van der Waals surface area contributed by atoms with Crippen LogP contribution in [0.15, 0.2) is 0 Å². The molecule has 17 heavy (non-hydrogen) atoms. The van der Waals surface area contributed by atoms with Crippen molar-refractivity contribution in [2.24, 2.45) is 22.7 Å². The van der Waals surface area contributed by atoms with Gasteiger partial charge in [-0.1, -0.05) is 41.5 Å². The molecule has 100 valence electrons. The van der Waals surface area contributed by atoms with Crippen LogP contribution in [-0.2, 0) is 0 Å². The lowest BCUT2D eigenvalue weighted by molar-refractivity contribution is 0.370.